The van der Waals surface area contributed by atoms with Gasteiger partial charge in [-0.05, 0) is 12.1 Å². The summed E-state index contributed by atoms with van der Waals surface area (Å²) < 4.78 is 12.0. The van der Waals surface area contributed by atoms with Crippen molar-refractivity contribution in [3.63, 3.8) is 0 Å². The Morgan fingerprint density at radius 3 is 2.90 bits per heavy atom. The first-order valence-electron chi connectivity index (χ1n) is 8.90. The molecule has 0 unspecified atom stereocenters. The topological polar surface area (TPSA) is 127 Å². The van der Waals surface area contributed by atoms with Crippen molar-refractivity contribution < 1.29 is 18.8 Å². The molecular formula is C18H19N7O4. The molecule has 0 saturated heterocycles. The Bertz CT molecular complexity index is 1060. The van der Waals surface area contributed by atoms with E-state index >= 15 is 0 Å². The summed E-state index contributed by atoms with van der Waals surface area (Å²) in [4.78, 5) is 29.6. The maximum atomic E-state index is 11.7. The molecule has 0 radical (unpaired) electrons. The first kappa shape index (κ1) is 18.5. The number of methoxy groups -OCH3 is 1. The second-order valence-corrected chi connectivity index (χ2v) is 6.34. The maximum absolute atomic E-state index is 11.7. The number of carbonyl (C=O) groups excluding carboxylic acids is 2. The van der Waals surface area contributed by atoms with Gasteiger partial charge in [0.2, 0.25) is 5.82 Å². The standard InChI is InChI=1S/C18H19N7O4/c1-19-17(27)20-14-9-13-10-24(6-7-25(13)22-14)18-21-15(23-29-18)11-4-3-5-12(8-11)16(26)28-2/h3-5,8-9H,6-7,10H2,1-2H3,(H2,19,20,22,27). The molecule has 29 heavy (non-hydrogen) atoms. The molecule has 0 fully saturated rings. The first-order valence-corrected chi connectivity index (χ1v) is 8.90. The van der Waals surface area contributed by atoms with Crippen LogP contribution in [-0.4, -0.2) is 52.6 Å². The van der Waals surface area contributed by atoms with Crippen molar-refractivity contribution in [2.24, 2.45) is 0 Å². The normalized spacial score (nSPS) is 13.0. The van der Waals surface area contributed by atoms with Gasteiger partial charge in [0.1, 0.15) is 0 Å². The molecule has 1 aliphatic rings. The van der Waals surface area contributed by atoms with Crippen LogP contribution >= 0.6 is 0 Å². The Morgan fingerprint density at radius 1 is 1.24 bits per heavy atom. The Balaban J connectivity index is 1.51. The molecule has 150 valence electrons. The van der Waals surface area contributed by atoms with Gasteiger partial charge in [-0.25, -0.2) is 9.59 Å². The largest absolute Gasteiger partial charge is 0.465 e. The number of hydrogen-bond donors (Lipinski definition) is 2. The van der Waals surface area contributed by atoms with Crippen LogP contribution in [-0.2, 0) is 17.8 Å². The third kappa shape index (κ3) is 3.74. The van der Waals surface area contributed by atoms with Crippen LogP contribution in [0.2, 0.25) is 0 Å². The lowest BCUT2D eigenvalue weighted by Gasteiger charge is -2.25. The number of aromatic nitrogens is 4. The molecule has 4 rings (SSSR count). The number of rotatable bonds is 4. The molecule has 0 spiro atoms. The van der Waals surface area contributed by atoms with Gasteiger partial charge in [-0.3, -0.25) is 10.00 Å². The Morgan fingerprint density at radius 2 is 2.10 bits per heavy atom. The Kier molecular flexibility index (Phi) is 4.85. The fourth-order valence-corrected chi connectivity index (χ4v) is 3.03. The van der Waals surface area contributed by atoms with E-state index in [1.807, 2.05) is 9.58 Å². The molecule has 2 amide bonds. The number of benzene rings is 1. The van der Waals surface area contributed by atoms with Crippen molar-refractivity contribution in [1.82, 2.24) is 25.2 Å². The third-order valence-electron chi connectivity index (χ3n) is 4.49. The van der Waals surface area contributed by atoms with E-state index in [1.165, 1.54) is 7.11 Å². The number of nitrogens with one attached hydrogen (secondary N) is 2. The van der Waals surface area contributed by atoms with Crippen LogP contribution < -0.4 is 15.5 Å². The minimum absolute atomic E-state index is 0.326. The third-order valence-corrected chi connectivity index (χ3v) is 4.49. The lowest BCUT2D eigenvalue weighted by Crippen LogP contribution is -2.34. The van der Waals surface area contributed by atoms with Gasteiger partial charge in [-0.2, -0.15) is 10.1 Å². The van der Waals surface area contributed by atoms with E-state index in [9.17, 15) is 9.59 Å². The molecule has 0 aliphatic carbocycles. The number of fused-ring (bicyclic) bond motifs is 1. The van der Waals surface area contributed by atoms with Gasteiger partial charge in [0.15, 0.2) is 5.82 Å². The molecule has 2 N–H and O–H groups in total. The fraction of sp³-hybridized carbons (Fsp3) is 0.278. The zero-order chi connectivity index (χ0) is 20.4. The van der Waals surface area contributed by atoms with Crippen molar-refractivity contribution in [2.75, 3.05) is 30.9 Å². The van der Waals surface area contributed by atoms with Crippen LogP contribution in [0.4, 0.5) is 16.6 Å². The lowest BCUT2D eigenvalue weighted by molar-refractivity contribution is 0.0600. The van der Waals surface area contributed by atoms with Crippen molar-refractivity contribution >= 4 is 23.8 Å². The second kappa shape index (κ2) is 7.62. The highest BCUT2D eigenvalue weighted by molar-refractivity contribution is 5.90. The van der Waals surface area contributed by atoms with E-state index in [1.54, 1.807) is 37.4 Å². The average molecular weight is 397 g/mol. The molecule has 1 aromatic carbocycles. The number of esters is 1. The molecule has 1 aliphatic heterocycles. The van der Waals surface area contributed by atoms with E-state index in [2.05, 4.69) is 25.9 Å². The van der Waals surface area contributed by atoms with Crippen LogP contribution in [0.3, 0.4) is 0 Å². The summed E-state index contributed by atoms with van der Waals surface area (Å²) in [6, 6.07) is 8.69. The number of anilines is 2. The van der Waals surface area contributed by atoms with E-state index in [0.717, 1.165) is 5.69 Å². The predicted molar refractivity (Wildman–Crippen MR) is 102 cm³/mol. The fourth-order valence-electron chi connectivity index (χ4n) is 3.03. The smallest absolute Gasteiger partial charge is 0.337 e. The molecule has 11 nitrogen and oxygen atoms in total. The van der Waals surface area contributed by atoms with Crippen LogP contribution in [0.5, 0.6) is 0 Å². The van der Waals surface area contributed by atoms with Gasteiger partial charge in [0.05, 0.1) is 31.5 Å². The Hall–Kier alpha value is -3.89. The van der Waals surface area contributed by atoms with Crippen molar-refractivity contribution in [1.29, 1.82) is 0 Å². The van der Waals surface area contributed by atoms with E-state index in [4.69, 9.17) is 9.26 Å². The van der Waals surface area contributed by atoms with E-state index in [-0.39, 0.29) is 6.03 Å². The molecule has 11 heteroatoms. The number of amides is 2. The highest BCUT2D eigenvalue weighted by atomic mass is 16.5. The van der Waals surface area contributed by atoms with Crippen LogP contribution in [0, 0.1) is 0 Å². The monoisotopic (exact) mass is 397 g/mol. The summed E-state index contributed by atoms with van der Waals surface area (Å²) in [5, 5.41) is 13.5. The molecule has 0 saturated carbocycles. The van der Waals surface area contributed by atoms with Crippen molar-refractivity contribution in [3.05, 3.63) is 41.6 Å². The molecule has 0 bridgehead atoms. The predicted octanol–water partition coefficient (Wildman–Crippen LogP) is 1.49. The van der Waals surface area contributed by atoms with Gasteiger partial charge < -0.3 is 19.5 Å². The summed E-state index contributed by atoms with van der Waals surface area (Å²) in [5.41, 5.74) is 1.98. The number of urea groups is 1. The first-order chi connectivity index (χ1) is 14.1. The maximum Gasteiger partial charge on any atom is 0.337 e. The van der Waals surface area contributed by atoms with Crippen LogP contribution in [0.25, 0.3) is 11.4 Å². The van der Waals surface area contributed by atoms with Crippen LogP contribution in [0.1, 0.15) is 16.1 Å². The number of hydrogen-bond acceptors (Lipinski definition) is 8. The highest BCUT2D eigenvalue weighted by Gasteiger charge is 2.23. The molecule has 2 aromatic heterocycles. The second-order valence-electron chi connectivity index (χ2n) is 6.34. The molecular weight excluding hydrogens is 378 g/mol. The van der Waals surface area contributed by atoms with Gasteiger partial charge in [0.25, 0.3) is 0 Å². The lowest BCUT2D eigenvalue weighted by atomic mass is 10.1. The zero-order valence-electron chi connectivity index (χ0n) is 15.9. The Labute approximate surface area is 165 Å². The average Bonchev–Trinajstić information content (AvgIpc) is 3.39. The van der Waals surface area contributed by atoms with Gasteiger partial charge in [-0.1, -0.05) is 17.3 Å². The van der Waals surface area contributed by atoms with Crippen LogP contribution in [0.15, 0.2) is 34.9 Å². The summed E-state index contributed by atoms with van der Waals surface area (Å²) in [6.45, 7) is 1.74. The number of carbonyl (C=O) groups is 2. The van der Waals surface area contributed by atoms with E-state index in [0.29, 0.717) is 48.4 Å². The number of ether oxygens (including phenoxy) is 1. The van der Waals surface area contributed by atoms with E-state index < -0.39 is 5.97 Å². The molecule has 3 aromatic rings. The van der Waals surface area contributed by atoms with Gasteiger partial charge >= 0.3 is 18.0 Å². The van der Waals surface area contributed by atoms with Crippen molar-refractivity contribution in [2.45, 2.75) is 13.1 Å². The molecule has 0 atom stereocenters. The highest BCUT2D eigenvalue weighted by Crippen LogP contribution is 2.25. The molecule has 3 heterocycles. The minimum Gasteiger partial charge on any atom is -0.465 e. The van der Waals surface area contributed by atoms with Crippen molar-refractivity contribution in [3.8, 4) is 11.4 Å². The van der Waals surface area contributed by atoms with Gasteiger partial charge in [-0.15, -0.1) is 0 Å². The SMILES string of the molecule is CNC(=O)Nc1cc2n(n1)CCN(c1nc(-c3cccc(C(=O)OC)c3)no1)C2. The zero-order valence-corrected chi connectivity index (χ0v) is 15.9. The van der Waals surface area contributed by atoms with Gasteiger partial charge in [0, 0.05) is 25.2 Å². The summed E-state index contributed by atoms with van der Waals surface area (Å²) in [6.07, 6.45) is 0. The summed E-state index contributed by atoms with van der Waals surface area (Å²) in [7, 11) is 2.87. The minimum atomic E-state index is -0.430. The number of nitrogens with zero attached hydrogens (tertiary/aromatic N) is 5. The quantitative estimate of drug-likeness (QED) is 0.634. The summed E-state index contributed by atoms with van der Waals surface area (Å²) in [5.74, 6) is 0.430. The summed E-state index contributed by atoms with van der Waals surface area (Å²) >= 11 is 0.